The lowest BCUT2D eigenvalue weighted by molar-refractivity contribution is -0.136. The maximum Gasteiger partial charge on any atom is 0.418 e. The van der Waals surface area contributed by atoms with Gasteiger partial charge in [0, 0.05) is 23.8 Å². The number of carbonyl (C=O) groups excluding carboxylic acids is 1. The van der Waals surface area contributed by atoms with E-state index in [1.165, 1.54) is 6.07 Å². The lowest BCUT2D eigenvalue weighted by atomic mass is 10.1. The van der Waals surface area contributed by atoms with Crippen LogP contribution in [0.25, 0.3) is 0 Å². The molecule has 0 aliphatic rings. The summed E-state index contributed by atoms with van der Waals surface area (Å²) in [6, 6.07) is 2.97. The van der Waals surface area contributed by atoms with E-state index >= 15 is 0 Å². The Morgan fingerprint density at radius 3 is 2.50 bits per heavy atom. The minimum absolute atomic E-state index is 0.0582. The molecular formula is C13H18F3N3O. The van der Waals surface area contributed by atoms with E-state index in [2.05, 4.69) is 5.32 Å². The SMILES string of the molecule is CC(CN(C)C)NC(=O)c1ccc(N)c(C(F)(F)F)c1. The molecule has 112 valence electrons. The Morgan fingerprint density at radius 2 is 2.00 bits per heavy atom. The molecule has 1 rings (SSSR count). The molecule has 0 fully saturated rings. The van der Waals surface area contributed by atoms with Gasteiger partial charge in [0.25, 0.3) is 5.91 Å². The first-order chi connectivity index (χ1) is 9.11. The highest BCUT2D eigenvalue weighted by Crippen LogP contribution is 2.33. The van der Waals surface area contributed by atoms with Crippen molar-refractivity contribution in [1.29, 1.82) is 0 Å². The van der Waals surface area contributed by atoms with E-state index in [1.807, 2.05) is 19.0 Å². The Hall–Kier alpha value is -1.76. The third-order valence-electron chi connectivity index (χ3n) is 2.64. The van der Waals surface area contributed by atoms with Crippen LogP contribution in [-0.2, 0) is 6.18 Å². The normalized spacial score (nSPS) is 13.3. The third-order valence-corrected chi connectivity index (χ3v) is 2.64. The molecule has 7 heteroatoms. The summed E-state index contributed by atoms with van der Waals surface area (Å²) in [5.74, 6) is -0.551. The highest BCUT2D eigenvalue weighted by atomic mass is 19.4. The number of nitrogens with zero attached hydrogens (tertiary/aromatic N) is 1. The van der Waals surface area contributed by atoms with Crippen molar-refractivity contribution in [2.45, 2.75) is 19.1 Å². The smallest absolute Gasteiger partial charge is 0.398 e. The van der Waals surface area contributed by atoms with E-state index in [1.54, 1.807) is 6.92 Å². The summed E-state index contributed by atoms with van der Waals surface area (Å²) in [4.78, 5) is 13.8. The van der Waals surface area contributed by atoms with Crippen LogP contribution in [0.5, 0.6) is 0 Å². The van der Waals surface area contributed by atoms with Crippen LogP contribution in [0.2, 0.25) is 0 Å². The van der Waals surface area contributed by atoms with Crippen LogP contribution >= 0.6 is 0 Å². The fourth-order valence-corrected chi connectivity index (χ4v) is 1.84. The van der Waals surface area contributed by atoms with Gasteiger partial charge in [-0.3, -0.25) is 4.79 Å². The van der Waals surface area contributed by atoms with Crippen molar-refractivity contribution in [3.05, 3.63) is 29.3 Å². The Morgan fingerprint density at radius 1 is 1.40 bits per heavy atom. The van der Waals surface area contributed by atoms with Gasteiger partial charge in [0.1, 0.15) is 0 Å². The van der Waals surface area contributed by atoms with Gasteiger partial charge in [-0.25, -0.2) is 0 Å². The number of nitrogens with two attached hydrogens (primary N) is 1. The van der Waals surface area contributed by atoms with Crippen LogP contribution in [0.3, 0.4) is 0 Å². The van der Waals surface area contributed by atoms with Crippen molar-refractivity contribution in [2.24, 2.45) is 0 Å². The Kier molecular flexibility index (Phi) is 4.99. The number of nitrogen functional groups attached to an aromatic ring is 1. The predicted molar refractivity (Wildman–Crippen MR) is 71.3 cm³/mol. The van der Waals surface area contributed by atoms with Crippen molar-refractivity contribution in [2.75, 3.05) is 26.4 Å². The monoisotopic (exact) mass is 289 g/mol. The second-order valence-corrected chi connectivity index (χ2v) is 4.94. The number of nitrogens with one attached hydrogen (secondary N) is 1. The van der Waals surface area contributed by atoms with Gasteiger partial charge in [0.05, 0.1) is 5.56 Å². The summed E-state index contributed by atoms with van der Waals surface area (Å²) in [7, 11) is 3.68. The van der Waals surface area contributed by atoms with Crippen LogP contribution in [-0.4, -0.2) is 37.5 Å². The van der Waals surface area contributed by atoms with Gasteiger partial charge in [-0.2, -0.15) is 13.2 Å². The number of amides is 1. The van der Waals surface area contributed by atoms with Crippen molar-refractivity contribution in [3.8, 4) is 0 Å². The van der Waals surface area contributed by atoms with Crippen LogP contribution in [0, 0.1) is 0 Å². The molecular weight excluding hydrogens is 271 g/mol. The molecule has 0 spiro atoms. The molecule has 3 N–H and O–H groups in total. The summed E-state index contributed by atoms with van der Waals surface area (Å²) in [6.45, 7) is 2.37. The second-order valence-electron chi connectivity index (χ2n) is 4.94. The number of rotatable bonds is 4. The first kappa shape index (κ1) is 16.3. The zero-order chi connectivity index (χ0) is 15.5. The molecule has 1 amide bonds. The van der Waals surface area contributed by atoms with E-state index in [4.69, 9.17) is 5.73 Å². The Bertz CT molecular complexity index is 486. The minimum atomic E-state index is -4.57. The third kappa shape index (κ3) is 4.41. The molecule has 1 atom stereocenters. The van der Waals surface area contributed by atoms with Crippen LogP contribution < -0.4 is 11.1 Å². The van der Waals surface area contributed by atoms with E-state index < -0.39 is 23.3 Å². The number of anilines is 1. The maximum atomic E-state index is 12.7. The molecule has 0 bridgehead atoms. The van der Waals surface area contributed by atoms with Crippen LogP contribution in [0.15, 0.2) is 18.2 Å². The molecule has 1 unspecified atom stereocenters. The lowest BCUT2D eigenvalue weighted by Gasteiger charge is -2.19. The fourth-order valence-electron chi connectivity index (χ4n) is 1.84. The summed E-state index contributed by atoms with van der Waals surface area (Å²) in [5, 5.41) is 2.64. The molecule has 0 saturated heterocycles. The van der Waals surface area contributed by atoms with Gasteiger partial charge in [-0.05, 0) is 39.2 Å². The Balaban J connectivity index is 2.89. The van der Waals surface area contributed by atoms with E-state index in [0.29, 0.717) is 6.54 Å². The molecule has 0 aromatic heterocycles. The highest BCUT2D eigenvalue weighted by Gasteiger charge is 2.33. The first-order valence-electron chi connectivity index (χ1n) is 6.03. The molecule has 1 aromatic rings. The maximum absolute atomic E-state index is 12.7. The van der Waals surface area contributed by atoms with Crippen molar-refractivity contribution in [1.82, 2.24) is 10.2 Å². The quantitative estimate of drug-likeness (QED) is 0.833. The zero-order valence-corrected chi connectivity index (χ0v) is 11.6. The van der Waals surface area contributed by atoms with Crippen LogP contribution in [0.4, 0.5) is 18.9 Å². The number of hydrogen-bond donors (Lipinski definition) is 2. The topological polar surface area (TPSA) is 58.4 Å². The molecule has 1 aromatic carbocycles. The van der Waals surface area contributed by atoms with Crippen LogP contribution in [0.1, 0.15) is 22.8 Å². The number of halogens is 3. The van der Waals surface area contributed by atoms with Gasteiger partial charge in [-0.15, -0.1) is 0 Å². The van der Waals surface area contributed by atoms with Crippen molar-refractivity contribution >= 4 is 11.6 Å². The van der Waals surface area contributed by atoms with E-state index in [0.717, 1.165) is 12.1 Å². The van der Waals surface area contributed by atoms with Gasteiger partial charge in [0.15, 0.2) is 0 Å². The average molecular weight is 289 g/mol. The minimum Gasteiger partial charge on any atom is -0.398 e. The largest absolute Gasteiger partial charge is 0.418 e. The number of hydrogen-bond acceptors (Lipinski definition) is 3. The number of likely N-dealkylation sites (N-methyl/N-ethyl adjacent to an activating group) is 1. The predicted octanol–water partition coefficient (Wildman–Crippen LogP) is 1.97. The first-order valence-corrected chi connectivity index (χ1v) is 6.03. The molecule has 0 aliphatic heterocycles. The van der Waals surface area contributed by atoms with Gasteiger partial charge >= 0.3 is 6.18 Å². The standard InChI is InChI=1S/C13H18F3N3O/c1-8(7-19(2)3)18-12(20)9-4-5-11(17)10(6-9)13(14,15)16/h4-6,8H,7,17H2,1-3H3,(H,18,20). The molecule has 0 saturated carbocycles. The summed E-state index contributed by atoms with van der Waals surface area (Å²) in [5.41, 5.74) is 3.84. The summed E-state index contributed by atoms with van der Waals surface area (Å²) >= 11 is 0. The molecule has 4 nitrogen and oxygen atoms in total. The summed E-state index contributed by atoms with van der Waals surface area (Å²) < 4.78 is 38.1. The fraction of sp³-hybridized carbons (Fsp3) is 0.462. The van der Waals surface area contributed by atoms with Gasteiger partial charge < -0.3 is 16.0 Å². The van der Waals surface area contributed by atoms with Gasteiger partial charge in [0.2, 0.25) is 0 Å². The van der Waals surface area contributed by atoms with Gasteiger partial charge in [-0.1, -0.05) is 0 Å². The number of alkyl halides is 3. The van der Waals surface area contributed by atoms with E-state index in [-0.39, 0.29) is 11.6 Å². The molecule has 0 aliphatic carbocycles. The Labute approximate surface area is 115 Å². The van der Waals surface area contributed by atoms with Crippen molar-refractivity contribution in [3.63, 3.8) is 0 Å². The highest BCUT2D eigenvalue weighted by molar-refractivity contribution is 5.95. The number of benzene rings is 1. The molecule has 0 heterocycles. The summed E-state index contributed by atoms with van der Waals surface area (Å²) in [6.07, 6.45) is -4.57. The van der Waals surface area contributed by atoms with E-state index in [9.17, 15) is 18.0 Å². The zero-order valence-electron chi connectivity index (χ0n) is 11.6. The molecule has 0 radical (unpaired) electrons. The number of carbonyl (C=O) groups is 1. The lowest BCUT2D eigenvalue weighted by Crippen LogP contribution is -2.39. The molecule has 20 heavy (non-hydrogen) atoms. The second kappa shape index (κ2) is 6.13. The van der Waals surface area contributed by atoms with Crippen molar-refractivity contribution < 1.29 is 18.0 Å². The average Bonchev–Trinajstić information content (AvgIpc) is 2.26.